The van der Waals surface area contributed by atoms with Gasteiger partial charge in [-0.25, -0.2) is 9.18 Å². The number of ether oxygens (including phenoxy) is 1. The molecular formula is C20H27FN4O4. The topological polar surface area (TPSA) is 91.0 Å². The lowest BCUT2D eigenvalue weighted by Crippen LogP contribution is -2.57. The Morgan fingerprint density at radius 1 is 1.31 bits per heavy atom. The molecule has 2 aliphatic rings. The number of hydrogen-bond acceptors (Lipinski definition) is 5. The maximum atomic E-state index is 13.2. The summed E-state index contributed by atoms with van der Waals surface area (Å²) in [6, 6.07) is 5.82. The normalized spacial score (nSPS) is 25.6. The minimum absolute atomic E-state index is 0.00304. The van der Waals surface area contributed by atoms with Crippen LogP contribution in [0, 0.1) is 11.7 Å². The summed E-state index contributed by atoms with van der Waals surface area (Å²) in [5, 5.41) is 4.84. The number of urea groups is 1. The lowest BCUT2D eigenvalue weighted by Gasteiger charge is -2.42. The molecule has 2 aliphatic heterocycles. The third-order valence-corrected chi connectivity index (χ3v) is 5.58. The minimum atomic E-state index is -1.23. The van der Waals surface area contributed by atoms with Gasteiger partial charge in [0.25, 0.3) is 5.91 Å². The Balaban J connectivity index is 1.64. The van der Waals surface area contributed by atoms with Gasteiger partial charge in [-0.1, -0.05) is 6.92 Å². The molecule has 29 heavy (non-hydrogen) atoms. The Labute approximate surface area is 169 Å². The van der Waals surface area contributed by atoms with Gasteiger partial charge in [-0.3, -0.25) is 14.9 Å². The fraction of sp³-hybridized carbons (Fsp3) is 0.550. The summed E-state index contributed by atoms with van der Waals surface area (Å²) >= 11 is 0. The quantitative estimate of drug-likeness (QED) is 0.691. The zero-order chi connectivity index (χ0) is 21.2. The number of hydrogen-bond donors (Lipinski definition) is 2. The van der Waals surface area contributed by atoms with Crippen LogP contribution in [0.1, 0.15) is 20.3 Å². The Morgan fingerprint density at radius 2 is 2.00 bits per heavy atom. The van der Waals surface area contributed by atoms with E-state index < -0.39 is 23.4 Å². The van der Waals surface area contributed by atoms with Gasteiger partial charge in [-0.05, 0) is 37.6 Å². The second-order valence-electron chi connectivity index (χ2n) is 7.83. The van der Waals surface area contributed by atoms with Crippen molar-refractivity contribution in [3.63, 3.8) is 0 Å². The molecular weight excluding hydrogens is 379 g/mol. The summed E-state index contributed by atoms with van der Waals surface area (Å²) in [5.74, 6) is -1.30. The van der Waals surface area contributed by atoms with Crippen LogP contribution in [0.3, 0.4) is 0 Å². The van der Waals surface area contributed by atoms with Crippen molar-refractivity contribution in [3.8, 4) is 0 Å². The lowest BCUT2D eigenvalue weighted by atomic mass is 9.87. The first-order chi connectivity index (χ1) is 13.8. The van der Waals surface area contributed by atoms with Crippen molar-refractivity contribution in [1.82, 2.24) is 15.5 Å². The Hall–Kier alpha value is -2.68. The largest absolute Gasteiger partial charge is 0.382 e. The first-order valence-electron chi connectivity index (χ1n) is 9.69. The van der Waals surface area contributed by atoms with Crippen LogP contribution in [0.5, 0.6) is 0 Å². The molecule has 8 nitrogen and oxygen atoms in total. The van der Waals surface area contributed by atoms with E-state index in [1.54, 1.807) is 24.0 Å². The molecule has 1 aromatic carbocycles. The second kappa shape index (κ2) is 8.36. The number of carbonyl (C=O) groups is 3. The summed E-state index contributed by atoms with van der Waals surface area (Å²) in [7, 11) is 1.45. The van der Waals surface area contributed by atoms with E-state index in [2.05, 4.69) is 15.5 Å². The number of amides is 4. The molecule has 0 radical (unpaired) electrons. The summed E-state index contributed by atoms with van der Waals surface area (Å²) in [5.41, 5.74) is -0.314. The van der Waals surface area contributed by atoms with Gasteiger partial charge in [0.15, 0.2) is 0 Å². The number of piperazine rings is 1. The van der Waals surface area contributed by atoms with Gasteiger partial charge in [0.1, 0.15) is 11.4 Å². The zero-order valence-electron chi connectivity index (χ0n) is 16.9. The molecule has 0 spiro atoms. The van der Waals surface area contributed by atoms with E-state index in [9.17, 15) is 18.8 Å². The van der Waals surface area contributed by atoms with Gasteiger partial charge in [-0.15, -0.1) is 0 Å². The lowest BCUT2D eigenvalue weighted by molar-refractivity contribution is -0.137. The molecule has 9 heteroatoms. The summed E-state index contributed by atoms with van der Waals surface area (Å²) in [6.45, 7) is 5.46. The summed E-state index contributed by atoms with van der Waals surface area (Å²) in [4.78, 5) is 40.8. The average Bonchev–Trinajstić information content (AvgIpc) is 2.95. The monoisotopic (exact) mass is 406 g/mol. The van der Waals surface area contributed by atoms with Crippen molar-refractivity contribution in [2.24, 2.45) is 5.92 Å². The maximum absolute atomic E-state index is 13.2. The Bertz CT molecular complexity index is 787. The number of halogens is 1. The number of nitrogens with zero attached hydrogens (tertiary/aromatic N) is 2. The zero-order valence-corrected chi connectivity index (χ0v) is 16.9. The number of methoxy groups -OCH3 is 1. The molecule has 1 aromatic rings. The van der Waals surface area contributed by atoms with Gasteiger partial charge in [0.05, 0.1) is 6.61 Å². The first kappa shape index (κ1) is 21.0. The van der Waals surface area contributed by atoms with Gasteiger partial charge in [0.2, 0.25) is 5.91 Å². The average molecular weight is 406 g/mol. The van der Waals surface area contributed by atoms with Crippen molar-refractivity contribution < 1.29 is 23.5 Å². The maximum Gasteiger partial charge on any atom is 0.322 e. The number of imide groups is 1. The number of rotatable bonds is 6. The molecule has 3 atom stereocenters. The molecule has 2 N–H and O–H groups in total. The van der Waals surface area contributed by atoms with Crippen LogP contribution in [0.15, 0.2) is 24.3 Å². The molecule has 4 amide bonds. The van der Waals surface area contributed by atoms with Gasteiger partial charge >= 0.3 is 6.03 Å². The molecule has 0 bridgehead atoms. The van der Waals surface area contributed by atoms with Gasteiger partial charge < -0.3 is 19.9 Å². The van der Waals surface area contributed by atoms with Crippen molar-refractivity contribution in [2.75, 3.05) is 38.3 Å². The first-order valence-corrected chi connectivity index (χ1v) is 9.69. The fourth-order valence-electron chi connectivity index (χ4n) is 4.17. The predicted molar refractivity (Wildman–Crippen MR) is 105 cm³/mol. The molecule has 3 rings (SSSR count). The highest BCUT2D eigenvalue weighted by Crippen LogP contribution is 2.26. The van der Waals surface area contributed by atoms with Crippen LogP contribution >= 0.6 is 0 Å². The van der Waals surface area contributed by atoms with E-state index in [4.69, 9.17) is 4.74 Å². The fourth-order valence-corrected chi connectivity index (χ4v) is 4.17. The molecule has 2 heterocycles. The van der Waals surface area contributed by atoms with Crippen LogP contribution in [0.4, 0.5) is 14.9 Å². The minimum Gasteiger partial charge on any atom is -0.382 e. The van der Waals surface area contributed by atoms with Crippen molar-refractivity contribution >= 4 is 23.5 Å². The van der Waals surface area contributed by atoms with E-state index in [0.29, 0.717) is 19.6 Å². The van der Waals surface area contributed by atoms with Crippen LogP contribution in [-0.2, 0) is 14.3 Å². The third-order valence-electron chi connectivity index (χ3n) is 5.58. The summed E-state index contributed by atoms with van der Waals surface area (Å²) in [6.07, 6.45) is 0.157. The number of nitrogens with one attached hydrogen (secondary N) is 2. The molecule has 0 saturated carbocycles. The second-order valence-corrected chi connectivity index (χ2v) is 7.83. The highest BCUT2D eigenvalue weighted by Gasteiger charge is 2.48. The Morgan fingerprint density at radius 3 is 2.55 bits per heavy atom. The number of carbonyl (C=O) groups excluding carboxylic acids is 3. The number of anilines is 1. The smallest absolute Gasteiger partial charge is 0.322 e. The van der Waals surface area contributed by atoms with Crippen LogP contribution < -0.4 is 15.5 Å². The van der Waals surface area contributed by atoms with E-state index in [1.807, 2.05) is 6.92 Å². The SMILES string of the molecule is COCC1(CC(C)C(=O)N2CCN(c3ccc(F)cc3)[C@@H](C)C2)NC(=O)NC1=O. The number of benzene rings is 1. The van der Waals surface area contributed by atoms with Gasteiger partial charge in [-0.2, -0.15) is 0 Å². The highest BCUT2D eigenvalue weighted by molar-refractivity contribution is 6.07. The van der Waals surface area contributed by atoms with Crippen LogP contribution in [-0.4, -0.2) is 67.7 Å². The van der Waals surface area contributed by atoms with E-state index >= 15 is 0 Å². The van der Waals surface area contributed by atoms with E-state index in [1.165, 1.54) is 19.2 Å². The van der Waals surface area contributed by atoms with Gasteiger partial charge in [0, 0.05) is 44.4 Å². The predicted octanol–water partition coefficient (Wildman–Crippen LogP) is 1.11. The van der Waals surface area contributed by atoms with Crippen LogP contribution in [0.25, 0.3) is 0 Å². The molecule has 158 valence electrons. The van der Waals surface area contributed by atoms with Crippen molar-refractivity contribution in [3.05, 3.63) is 30.1 Å². The highest BCUT2D eigenvalue weighted by atomic mass is 19.1. The molecule has 0 aliphatic carbocycles. The molecule has 2 fully saturated rings. The standard InChI is InChI=1S/C20H27FN4O4/c1-13(10-20(12-29-3)18(27)22-19(28)23-20)17(26)24-8-9-25(14(2)11-24)16-6-4-15(21)5-7-16/h4-7,13-14H,8-12H2,1-3H3,(H2,22,23,27,28)/t13?,14-,20?/m0/s1. The molecule has 0 aromatic heterocycles. The van der Waals surface area contributed by atoms with Crippen LogP contribution in [0.2, 0.25) is 0 Å². The van der Waals surface area contributed by atoms with Crippen molar-refractivity contribution in [1.29, 1.82) is 0 Å². The molecule has 2 unspecified atom stereocenters. The van der Waals surface area contributed by atoms with E-state index in [-0.39, 0.29) is 30.8 Å². The Kier molecular flexibility index (Phi) is 6.07. The van der Waals surface area contributed by atoms with E-state index in [0.717, 1.165) is 5.69 Å². The molecule has 2 saturated heterocycles. The van der Waals surface area contributed by atoms with Crippen molar-refractivity contribution in [2.45, 2.75) is 31.8 Å². The third kappa shape index (κ3) is 4.34. The summed E-state index contributed by atoms with van der Waals surface area (Å²) < 4.78 is 18.3.